The minimum atomic E-state index is -0.0313. The van der Waals surface area contributed by atoms with Crippen LogP contribution in [-0.2, 0) is 4.79 Å². The molecule has 0 aromatic carbocycles. The summed E-state index contributed by atoms with van der Waals surface area (Å²) in [5.74, 6) is 0.408. The predicted octanol–water partition coefficient (Wildman–Crippen LogP) is 1.91. The van der Waals surface area contributed by atoms with E-state index in [0.29, 0.717) is 12.5 Å². The second-order valence-corrected chi connectivity index (χ2v) is 4.44. The van der Waals surface area contributed by atoms with Crippen LogP contribution >= 0.6 is 0 Å². The van der Waals surface area contributed by atoms with E-state index in [1.165, 1.54) is 19.3 Å². The van der Waals surface area contributed by atoms with Gasteiger partial charge in [0.15, 0.2) is 0 Å². The van der Waals surface area contributed by atoms with Crippen LogP contribution in [0.5, 0.6) is 0 Å². The number of hydrogen-bond donors (Lipinski definition) is 2. The molecule has 0 radical (unpaired) electrons. The lowest BCUT2D eigenvalue weighted by atomic mass is 9.95. The first-order valence-corrected chi connectivity index (χ1v) is 6.11. The number of unbranched alkanes of at least 4 members (excludes halogenated alkanes) is 3. The van der Waals surface area contributed by atoms with E-state index in [1.807, 2.05) is 13.8 Å². The molecule has 1 atom stereocenters. The van der Waals surface area contributed by atoms with Crippen LogP contribution in [0.15, 0.2) is 0 Å². The van der Waals surface area contributed by atoms with Gasteiger partial charge < -0.3 is 11.1 Å². The average Bonchev–Trinajstić information content (AvgIpc) is 2.18. The van der Waals surface area contributed by atoms with E-state index in [4.69, 9.17) is 5.73 Å². The summed E-state index contributed by atoms with van der Waals surface area (Å²) < 4.78 is 0. The number of carbonyl (C=O) groups excluding carboxylic acids is 1. The molecule has 0 bridgehead atoms. The third kappa shape index (κ3) is 6.50. The van der Waals surface area contributed by atoms with E-state index in [2.05, 4.69) is 12.2 Å². The molecule has 1 amide bonds. The number of amides is 1. The fraction of sp³-hybridized carbons (Fsp3) is 0.917. The van der Waals surface area contributed by atoms with Crippen molar-refractivity contribution in [1.29, 1.82) is 0 Å². The first-order valence-electron chi connectivity index (χ1n) is 6.11. The number of nitrogens with one attached hydrogen (secondary N) is 1. The fourth-order valence-corrected chi connectivity index (χ4v) is 1.58. The van der Waals surface area contributed by atoms with Gasteiger partial charge in [-0.05, 0) is 12.3 Å². The van der Waals surface area contributed by atoms with Crippen molar-refractivity contribution < 1.29 is 4.79 Å². The highest BCUT2D eigenvalue weighted by molar-refractivity contribution is 5.79. The van der Waals surface area contributed by atoms with Crippen molar-refractivity contribution in [3.63, 3.8) is 0 Å². The lowest BCUT2D eigenvalue weighted by Gasteiger charge is -2.18. The van der Waals surface area contributed by atoms with E-state index in [-0.39, 0.29) is 11.8 Å². The average molecular weight is 214 g/mol. The van der Waals surface area contributed by atoms with Gasteiger partial charge in [0.25, 0.3) is 0 Å². The fourth-order valence-electron chi connectivity index (χ4n) is 1.58. The number of carbonyl (C=O) groups is 1. The lowest BCUT2D eigenvalue weighted by Crippen LogP contribution is -2.38. The summed E-state index contributed by atoms with van der Waals surface area (Å²) in [4.78, 5) is 11.7. The van der Waals surface area contributed by atoms with Crippen LogP contribution in [0.4, 0.5) is 0 Å². The Hall–Kier alpha value is -0.570. The van der Waals surface area contributed by atoms with Gasteiger partial charge in [-0.15, -0.1) is 0 Å². The molecule has 0 aromatic rings. The molecule has 90 valence electrons. The van der Waals surface area contributed by atoms with Crippen molar-refractivity contribution in [3.8, 4) is 0 Å². The Morgan fingerprint density at radius 3 is 2.40 bits per heavy atom. The standard InChI is InChI=1S/C12H26N2O/c1-4-5-6-7-8-14-12(15)11(9-13)10(2)3/h10-11H,4-9,13H2,1-3H3,(H,14,15). The van der Waals surface area contributed by atoms with Gasteiger partial charge in [0.2, 0.25) is 5.91 Å². The highest BCUT2D eigenvalue weighted by Gasteiger charge is 2.19. The molecule has 0 aliphatic rings. The van der Waals surface area contributed by atoms with Gasteiger partial charge in [0, 0.05) is 13.1 Å². The van der Waals surface area contributed by atoms with Crippen LogP contribution in [-0.4, -0.2) is 19.0 Å². The summed E-state index contributed by atoms with van der Waals surface area (Å²) in [5.41, 5.74) is 5.57. The Balaban J connectivity index is 3.63. The largest absolute Gasteiger partial charge is 0.356 e. The van der Waals surface area contributed by atoms with Crippen LogP contribution in [0.2, 0.25) is 0 Å². The lowest BCUT2D eigenvalue weighted by molar-refractivity contribution is -0.125. The Morgan fingerprint density at radius 2 is 1.93 bits per heavy atom. The summed E-state index contributed by atoms with van der Waals surface area (Å²) in [7, 11) is 0. The number of rotatable bonds is 8. The molecule has 0 fully saturated rings. The Kier molecular flexibility index (Phi) is 8.38. The zero-order valence-corrected chi connectivity index (χ0v) is 10.4. The van der Waals surface area contributed by atoms with Crippen LogP contribution < -0.4 is 11.1 Å². The predicted molar refractivity (Wildman–Crippen MR) is 64.5 cm³/mol. The van der Waals surface area contributed by atoms with Gasteiger partial charge in [-0.25, -0.2) is 0 Å². The second-order valence-electron chi connectivity index (χ2n) is 4.44. The smallest absolute Gasteiger partial charge is 0.224 e. The Morgan fingerprint density at radius 1 is 1.27 bits per heavy atom. The first-order chi connectivity index (χ1) is 7.13. The summed E-state index contributed by atoms with van der Waals surface area (Å²) >= 11 is 0. The number of nitrogens with two attached hydrogens (primary N) is 1. The van der Waals surface area contributed by atoms with Gasteiger partial charge in [0.05, 0.1) is 5.92 Å². The summed E-state index contributed by atoms with van der Waals surface area (Å²) in [6.07, 6.45) is 4.76. The molecule has 0 saturated carbocycles. The van der Waals surface area contributed by atoms with Crippen molar-refractivity contribution in [3.05, 3.63) is 0 Å². The van der Waals surface area contributed by atoms with E-state index in [1.54, 1.807) is 0 Å². The van der Waals surface area contributed by atoms with Crippen LogP contribution in [0, 0.1) is 11.8 Å². The highest BCUT2D eigenvalue weighted by atomic mass is 16.1. The molecule has 0 rings (SSSR count). The van der Waals surface area contributed by atoms with E-state index in [0.717, 1.165) is 13.0 Å². The molecular weight excluding hydrogens is 188 g/mol. The molecule has 0 aliphatic carbocycles. The summed E-state index contributed by atoms with van der Waals surface area (Å²) in [6, 6.07) is 0. The zero-order chi connectivity index (χ0) is 11.7. The molecule has 3 N–H and O–H groups in total. The highest BCUT2D eigenvalue weighted by Crippen LogP contribution is 2.08. The molecule has 3 heteroatoms. The molecule has 0 aliphatic heterocycles. The van der Waals surface area contributed by atoms with Crippen molar-refractivity contribution in [1.82, 2.24) is 5.32 Å². The van der Waals surface area contributed by atoms with Crippen molar-refractivity contribution in [2.45, 2.75) is 46.5 Å². The Labute approximate surface area is 93.8 Å². The van der Waals surface area contributed by atoms with Crippen LogP contribution in [0.25, 0.3) is 0 Å². The molecule has 3 nitrogen and oxygen atoms in total. The maximum Gasteiger partial charge on any atom is 0.224 e. The molecule has 0 spiro atoms. The van der Waals surface area contributed by atoms with Crippen LogP contribution in [0.3, 0.4) is 0 Å². The zero-order valence-electron chi connectivity index (χ0n) is 10.4. The molecule has 15 heavy (non-hydrogen) atoms. The van der Waals surface area contributed by atoms with E-state index in [9.17, 15) is 4.79 Å². The molecule has 0 saturated heterocycles. The molecule has 0 heterocycles. The molecule has 0 aromatic heterocycles. The minimum Gasteiger partial charge on any atom is -0.356 e. The first kappa shape index (κ1) is 14.4. The maximum atomic E-state index is 11.7. The summed E-state index contributed by atoms with van der Waals surface area (Å²) in [6.45, 7) is 7.49. The normalized spacial score (nSPS) is 12.9. The molecule has 1 unspecified atom stereocenters. The van der Waals surface area contributed by atoms with Gasteiger partial charge in [-0.3, -0.25) is 4.79 Å². The monoisotopic (exact) mass is 214 g/mol. The van der Waals surface area contributed by atoms with Gasteiger partial charge >= 0.3 is 0 Å². The van der Waals surface area contributed by atoms with E-state index < -0.39 is 0 Å². The summed E-state index contributed by atoms with van der Waals surface area (Å²) in [5, 5.41) is 2.95. The van der Waals surface area contributed by atoms with E-state index >= 15 is 0 Å². The van der Waals surface area contributed by atoms with Gasteiger partial charge in [0.1, 0.15) is 0 Å². The Bertz CT molecular complexity index is 169. The van der Waals surface area contributed by atoms with Crippen molar-refractivity contribution in [2.24, 2.45) is 17.6 Å². The SMILES string of the molecule is CCCCCCNC(=O)C(CN)C(C)C. The van der Waals surface area contributed by atoms with Gasteiger partial charge in [-0.1, -0.05) is 40.0 Å². The third-order valence-electron chi connectivity index (χ3n) is 2.73. The topological polar surface area (TPSA) is 55.1 Å². The molecular formula is C12H26N2O. The van der Waals surface area contributed by atoms with Gasteiger partial charge in [-0.2, -0.15) is 0 Å². The van der Waals surface area contributed by atoms with Crippen LogP contribution in [0.1, 0.15) is 46.5 Å². The maximum absolute atomic E-state index is 11.7. The van der Waals surface area contributed by atoms with Crippen molar-refractivity contribution in [2.75, 3.05) is 13.1 Å². The van der Waals surface area contributed by atoms with Crippen molar-refractivity contribution >= 4 is 5.91 Å². The third-order valence-corrected chi connectivity index (χ3v) is 2.73. The minimum absolute atomic E-state index is 0.0313. The quantitative estimate of drug-likeness (QED) is 0.606. The second kappa shape index (κ2) is 8.72. The number of hydrogen-bond acceptors (Lipinski definition) is 2.